The van der Waals surface area contributed by atoms with Crippen LogP contribution in [0.2, 0.25) is 0 Å². The van der Waals surface area contributed by atoms with Crippen molar-refractivity contribution in [2.75, 3.05) is 13.2 Å². The lowest BCUT2D eigenvalue weighted by molar-refractivity contribution is -0.231. The van der Waals surface area contributed by atoms with Crippen LogP contribution in [0, 0.1) is 12.8 Å². The lowest BCUT2D eigenvalue weighted by atomic mass is 9.80. The Bertz CT molecular complexity index is 1170. The summed E-state index contributed by atoms with van der Waals surface area (Å²) < 4.78 is 29.5. The number of carbonyl (C=O) groups is 3. The van der Waals surface area contributed by atoms with E-state index < -0.39 is 48.2 Å². The Kier molecular flexibility index (Phi) is 8.72. The molecular formula is C30H36O8. The predicted octanol–water partition coefficient (Wildman–Crippen LogP) is 4.41. The van der Waals surface area contributed by atoms with Gasteiger partial charge in [0, 0.05) is 32.3 Å². The third kappa shape index (κ3) is 6.18. The van der Waals surface area contributed by atoms with E-state index in [4.69, 9.17) is 23.7 Å². The number of rotatable bonds is 7. The van der Waals surface area contributed by atoms with E-state index in [0.29, 0.717) is 13.0 Å². The van der Waals surface area contributed by atoms with Gasteiger partial charge in [-0.1, -0.05) is 43.3 Å². The number of fused-ring (bicyclic) bond motifs is 1. The van der Waals surface area contributed by atoms with Crippen LogP contribution in [0.25, 0.3) is 0 Å². The van der Waals surface area contributed by atoms with Gasteiger partial charge in [0.1, 0.15) is 36.8 Å². The van der Waals surface area contributed by atoms with E-state index >= 15 is 0 Å². The molecule has 2 aromatic rings. The van der Waals surface area contributed by atoms with E-state index in [9.17, 15) is 14.4 Å². The third-order valence-corrected chi connectivity index (χ3v) is 7.21. The van der Waals surface area contributed by atoms with E-state index in [1.54, 1.807) is 0 Å². The molecule has 0 bridgehead atoms. The van der Waals surface area contributed by atoms with E-state index in [1.165, 1.54) is 20.8 Å². The minimum absolute atomic E-state index is 0.0949. The van der Waals surface area contributed by atoms with Crippen LogP contribution >= 0.6 is 0 Å². The van der Waals surface area contributed by atoms with Gasteiger partial charge in [-0.2, -0.15) is 0 Å². The lowest BCUT2D eigenvalue weighted by Gasteiger charge is -2.45. The largest absolute Gasteiger partial charge is 0.493 e. The van der Waals surface area contributed by atoms with Crippen LogP contribution in [0.4, 0.5) is 0 Å². The number of esters is 3. The molecule has 2 aliphatic rings. The van der Waals surface area contributed by atoms with Gasteiger partial charge in [0.2, 0.25) is 0 Å². The van der Waals surface area contributed by atoms with Crippen molar-refractivity contribution < 1.29 is 38.1 Å². The number of carbonyl (C=O) groups excluding carboxylic acids is 3. The second kappa shape index (κ2) is 12.0. The van der Waals surface area contributed by atoms with Gasteiger partial charge in [0.25, 0.3) is 0 Å². The minimum Gasteiger partial charge on any atom is -0.493 e. The number of hydrogen-bond acceptors (Lipinski definition) is 8. The van der Waals surface area contributed by atoms with Crippen LogP contribution in [0.15, 0.2) is 36.4 Å². The fourth-order valence-corrected chi connectivity index (χ4v) is 5.48. The Labute approximate surface area is 223 Å². The average molecular weight is 525 g/mol. The van der Waals surface area contributed by atoms with Crippen molar-refractivity contribution in [2.24, 2.45) is 5.92 Å². The molecule has 204 valence electrons. The van der Waals surface area contributed by atoms with E-state index in [2.05, 4.69) is 25.1 Å². The van der Waals surface area contributed by atoms with Crippen LogP contribution in [-0.4, -0.2) is 49.4 Å². The minimum atomic E-state index is -0.770. The average Bonchev–Trinajstić information content (AvgIpc) is 2.88. The summed E-state index contributed by atoms with van der Waals surface area (Å²) in [6.45, 7) is 8.44. The summed E-state index contributed by atoms with van der Waals surface area (Å²) in [5.74, 6) is -1.01. The van der Waals surface area contributed by atoms with Crippen LogP contribution in [0.1, 0.15) is 68.0 Å². The lowest BCUT2D eigenvalue weighted by Crippen LogP contribution is -2.54. The van der Waals surface area contributed by atoms with Crippen molar-refractivity contribution in [2.45, 2.75) is 78.3 Å². The molecule has 0 aromatic heterocycles. The molecule has 1 fully saturated rings. The molecule has 4 rings (SSSR count). The third-order valence-electron chi connectivity index (χ3n) is 7.21. The summed E-state index contributed by atoms with van der Waals surface area (Å²) in [6, 6.07) is 12.3. The van der Waals surface area contributed by atoms with E-state index in [0.717, 1.165) is 46.4 Å². The van der Waals surface area contributed by atoms with Gasteiger partial charge in [-0.15, -0.1) is 0 Å². The Balaban J connectivity index is 1.81. The fraction of sp³-hybridized carbons (Fsp3) is 0.500. The maximum Gasteiger partial charge on any atom is 0.303 e. The van der Waals surface area contributed by atoms with Gasteiger partial charge in [0.15, 0.2) is 0 Å². The summed E-state index contributed by atoms with van der Waals surface area (Å²) in [6.07, 6.45) is -0.576. The second-order valence-corrected chi connectivity index (χ2v) is 10.1. The van der Waals surface area contributed by atoms with Crippen LogP contribution in [-0.2, 0) is 46.2 Å². The molecule has 0 unspecified atom stereocenters. The van der Waals surface area contributed by atoms with Crippen molar-refractivity contribution >= 4 is 17.9 Å². The molecule has 5 atom stereocenters. The molecule has 38 heavy (non-hydrogen) atoms. The zero-order chi connectivity index (χ0) is 27.4. The van der Waals surface area contributed by atoms with Crippen molar-refractivity contribution in [1.82, 2.24) is 0 Å². The fourth-order valence-electron chi connectivity index (χ4n) is 5.48. The maximum absolute atomic E-state index is 12.2. The maximum atomic E-state index is 12.2. The molecule has 2 aliphatic heterocycles. The molecule has 0 aliphatic carbocycles. The SMILES string of the molecule is CC(=O)OC[C@H]1O[C@@H](c2cc(Cc3ccccc3)c(C)c3c2CCCO3)[C@H](OC(C)=O)[C@@H](C)[C@@H]1OC(C)=O. The van der Waals surface area contributed by atoms with Crippen molar-refractivity contribution in [3.05, 3.63) is 64.2 Å². The van der Waals surface area contributed by atoms with Crippen molar-refractivity contribution in [1.29, 1.82) is 0 Å². The Morgan fingerprint density at radius 1 is 0.974 bits per heavy atom. The monoisotopic (exact) mass is 524 g/mol. The smallest absolute Gasteiger partial charge is 0.303 e. The normalized spacial score (nSPS) is 24.5. The topological polar surface area (TPSA) is 97.4 Å². The molecule has 8 heteroatoms. The van der Waals surface area contributed by atoms with E-state index in [-0.39, 0.29) is 6.61 Å². The highest BCUT2D eigenvalue weighted by Crippen LogP contribution is 2.45. The number of benzene rings is 2. The first-order valence-electron chi connectivity index (χ1n) is 13.1. The van der Waals surface area contributed by atoms with Crippen molar-refractivity contribution in [3.8, 4) is 5.75 Å². The number of ether oxygens (including phenoxy) is 5. The first-order valence-corrected chi connectivity index (χ1v) is 13.1. The first-order chi connectivity index (χ1) is 18.2. The molecule has 2 aromatic carbocycles. The standard InChI is InChI=1S/C30H36O8/c1-17-23(14-22-10-7-6-8-11-22)15-25(24-12-9-13-34-27(17)24)30-29(37-21(5)33)18(2)28(36-20(4)32)26(38-30)16-35-19(3)31/h6-8,10-11,15,18,26,28-30H,9,12-14,16H2,1-5H3/t18-,26+,28-,29+,30-/m0/s1. The molecule has 0 spiro atoms. The van der Waals surface area contributed by atoms with Crippen LogP contribution in [0.5, 0.6) is 5.75 Å². The Hall–Kier alpha value is -3.39. The van der Waals surface area contributed by atoms with E-state index in [1.807, 2.05) is 25.1 Å². The van der Waals surface area contributed by atoms with Gasteiger partial charge >= 0.3 is 17.9 Å². The molecule has 0 amide bonds. The molecule has 0 N–H and O–H groups in total. The van der Waals surface area contributed by atoms with Crippen molar-refractivity contribution in [3.63, 3.8) is 0 Å². The summed E-state index contributed by atoms with van der Waals surface area (Å²) in [5.41, 5.74) is 5.23. The molecule has 2 heterocycles. The Morgan fingerprint density at radius 3 is 2.32 bits per heavy atom. The van der Waals surface area contributed by atoms with Gasteiger partial charge in [0.05, 0.1) is 6.61 Å². The summed E-state index contributed by atoms with van der Waals surface area (Å²) in [7, 11) is 0. The van der Waals surface area contributed by atoms with Gasteiger partial charge < -0.3 is 23.7 Å². The van der Waals surface area contributed by atoms with Crippen LogP contribution < -0.4 is 4.74 Å². The zero-order valence-electron chi connectivity index (χ0n) is 22.7. The Morgan fingerprint density at radius 2 is 1.66 bits per heavy atom. The molecule has 1 saturated heterocycles. The predicted molar refractivity (Wildman–Crippen MR) is 139 cm³/mol. The zero-order valence-corrected chi connectivity index (χ0v) is 22.7. The van der Waals surface area contributed by atoms with Crippen LogP contribution in [0.3, 0.4) is 0 Å². The highest BCUT2D eigenvalue weighted by atomic mass is 16.6. The van der Waals surface area contributed by atoms with Gasteiger partial charge in [-0.3, -0.25) is 14.4 Å². The highest BCUT2D eigenvalue weighted by molar-refractivity contribution is 5.67. The summed E-state index contributed by atoms with van der Waals surface area (Å²) >= 11 is 0. The molecule has 8 nitrogen and oxygen atoms in total. The van der Waals surface area contributed by atoms with Gasteiger partial charge in [-0.05, 0) is 48.4 Å². The second-order valence-electron chi connectivity index (χ2n) is 10.1. The number of hydrogen-bond donors (Lipinski definition) is 0. The molecule has 0 radical (unpaired) electrons. The molecule has 0 saturated carbocycles. The summed E-state index contributed by atoms with van der Waals surface area (Å²) in [5, 5.41) is 0. The summed E-state index contributed by atoms with van der Waals surface area (Å²) in [4.78, 5) is 35.8. The molecular weight excluding hydrogens is 488 g/mol. The first kappa shape index (κ1) is 27.6. The quantitative estimate of drug-likeness (QED) is 0.388. The highest BCUT2D eigenvalue weighted by Gasteiger charge is 2.49. The van der Waals surface area contributed by atoms with Gasteiger partial charge in [-0.25, -0.2) is 0 Å².